The van der Waals surface area contributed by atoms with Gasteiger partial charge in [-0.2, -0.15) is 0 Å². The Balaban J connectivity index is 2.04. The Morgan fingerprint density at radius 2 is 2.00 bits per heavy atom. The highest BCUT2D eigenvalue weighted by molar-refractivity contribution is 7.85. The monoisotopic (exact) mass is 253 g/mol. The third kappa shape index (κ3) is 2.87. The van der Waals surface area contributed by atoms with Gasteiger partial charge in [-0.15, -0.1) is 0 Å². The van der Waals surface area contributed by atoms with Crippen molar-refractivity contribution in [3.63, 3.8) is 0 Å². The van der Waals surface area contributed by atoms with E-state index in [4.69, 9.17) is 4.74 Å². The standard InChI is InChI=1S/C13H19NO2S/c1-14-10-3-6-13(9-10)17(15)12-7-4-11(16-2)5-8-12/h4-5,7-8,10,13-14H,3,6,9H2,1-2H3. The molecule has 0 amide bonds. The van der Waals surface area contributed by atoms with Crippen LogP contribution in [-0.2, 0) is 10.8 Å². The topological polar surface area (TPSA) is 38.3 Å². The molecule has 3 unspecified atom stereocenters. The molecule has 3 atom stereocenters. The molecule has 1 aliphatic rings. The van der Waals surface area contributed by atoms with Gasteiger partial charge in [-0.05, 0) is 50.6 Å². The molecule has 94 valence electrons. The first-order valence-electron chi connectivity index (χ1n) is 5.96. The van der Waals surface area contributed by atoms with E-state index in [0.717, 1.165) is 29.9 Å². The molecule has 1 aromatic carbocycles. The number of nitrogens with one attached hydrogen (secondary N) is 1. The molecule has 1 aromatic rings. The first-order chi connectivity index (χ1) is 8.24. The number of hydrogen-bond acceptors (Lipinski definition) is 3. The molecule has 0 aliphatic heterocycles. The molecule has 1 N–H and O–H groups in total. The fourth-order valence-corrected chi connectivity index (χ4v) is 3.85. The van der Waals surface area contributed by atoms with Gasteiger partial charge in [0.15, 0.2) is 0 Å². The minimum Gasteiger partial charge on any atom is -0.497 e. The van der Waals surface area contributed by atoms with Crippen molar-refractivity contribution < 1.29 is 8.95 Å². The van der Waals surface area contributed by atoms with Gasteiger partial charge in [-0.3, -0.25) is 4.21 Å². The van der Waals surface area contributed by atoms with Crippen LogP contribution in [0, 0.1) is 0 Å². The predicted molar refractivity (Wildman–Crippen MR) is 69.9 cm³/mol. The van der Waals surface area contributed by atoms with Gasteiger partial charge in [0.1, 0.15) is 5.75 Å². The van der Waals surface area contributed by atoms with Gasteiger partial charge >= 0.3 is 0 Å². The number of hydrogen-bond donors (Lipinski definition) is 1. The molecule has 1 aliphatic carbocycles. The van der Waals surface area contributed by atoms with Crippen LogP contribution in [0.3, 0.4) is 0 Å². The number of rotatable bonds is 4. The zero-order valence-electron chi connectivity index (χ0n) is 10.3. The Morgan fingerprint density at radius 1 is 1.29 bits per heavy atom. The zero-order valence-corrected chi connectivity index (χ0v) is 11.1. The van der Waals surface area contributed by atoms with E-state index in [9.17, 15) is 4.21 Å². The molecule has 0 spiro atoms. The van der Waals surface area contributed by atoms with E-state index >= 15 is 0 Å². The summed E-state index contributed by atoms with van der Waals surface area (Å²) >= 11 is 0. The molecular formula is C13H19NO2S. The lowest BCUT2D eigenvalue weighted by Crippen LogP contribution is -2.23. The van der Waals surface area contributed by atoms with Crippen molar-refractivity contribution in [3.8, 4) is 5.75 Å². The van der Waals surface area contributed by atoms with Crippen molar-refractivity contribution in [2.24, 2.45) is 0 Å². The minimum atomic E-state index is -0.887. The van der Waals surface area contributed by atoms with E-state index in [2.05, 4.69) is 5.32 Å². The van der Waals surface area contributed by atoms with E-state index in [0.29, 0.717) is 11.3 Å². The summed E-state index contributed by atoms with van der Waals surface area (Å²) in [5.74, 6) is 0.810. The molecule has 0 radical (unpaired) electrons. The second kappa shape index (κ2) is 5.65. The fraction of sp³-hybridized carbons (Fsp3) is 0.538. The van der Waals surface area contributed by atoms with Crippen LogP contribution in [0.1, 0.15) is 19.3 Å². The smallest absolute Gasteiger partial charge is 0.118 e. The van der Waals surface area contributed by atoms with Gasteiger partial charge in [0.2, 0.25) is 0 Å². The Labute approximate surface area is 105 Å². The Bertz CT molecular complexity index is 391. The van der Waals surface area contributed by atoms with Crippen LogP contribution in [-0.4, -0.2) is 29.7 Å². The van der Waals surface area contributed by atoms with E-state index in [1.165, 1.54) is 0 Å². The maximum absolute atomic E-state index is 12.4. The maximum Gasteiger partial charge on any atom is 0.118 e. The normalized spacial score (nSPS) is 25.8. The van der Waals surface area contributed by atoms with Crippen LogP contribution in [0.5, 0.6) is 5.75 Å². The maximum atomic E-state index is 12.4. The quantitative estimate of drug-likeness (QED) is 0.891. The lowest BCUT2D eigenvalue weighted by atomic mass is 10.3. The second-order valence-corrected chi connectivity index (χ2v) is 6.13. The van der Waals surface area contributed by atoms with Gasteiger partial charge in [-0.25, -0.2) is 0 Å². The molecule has 4 heteroatoms. The first kappa shape index (κ1) is 12.6. The first-order valence-corrected chi connectivity index (χ1v) is 7.17. The van der Waals surface area contributed by atoms with E-state index < -0.39 is 10.8 Å². The highest BCUT2D eigenvalue weighted by Gasteiger charge is 2.28. The van der Waals surface area contributed by atoms with E-state index in [1.807, 2.05) is 31.3 Å². The molecule has 0 bridgehead atoms. The molecule has 3 nitrogen and oxygen atoms in total. The molecule has 2 rings (SSSR count). The lowest BCUT2D eigenvalue weighted by molar-refractivity contribution is 0.414. The average Bonchev–Trinajstić information content (AvgIpc) is 2.87. The highest BCUT2D eigenvalue weighted by Crippen LogP contribution is 2.27. The van der Waals surface area contributed by atoms with Crippen molar-refractivity contribution in [3.05, 3.63) is 24.3 Å². The summed E-state index contributed by atoms with van der Waals surface area (Å²) in [7, 11) is 2.73. The highest BCUT2D eigenvalue weighted by atomic mass is 32.2. The van der Waals surface area contributed by atoms with E-state index in [-0.39, 0.29) is 0 Å². The Morgan fingerprint density at radius 3 is 2.53 bits per heavy atom. The van der Waals surface area contributed by atoms with Gasteiger partial charge in [0.05, 0.1) is 17.9 Å². The van der Waals surface area contributed by atoms with Crippen LogP contribution < -0.4 is 10.1 Å². The largest absolute Gasteiger partial charge is 0.497 e. The zero-order chi connectivity index (χ0) is 12.3. The van der Waals surface area contributed by atoms with Crippen molar-refractivity contribution in [2.45, 2.75) is 35.4 Å². The summed E-state index contributed by atoms with van der Waals surface area (Å²) < 4.78 is 17.5. The van der Waals surface area contributed by atoms with E-state index in [1.54, 1.807) is 7.11 Å². The van der Waals surface area contributed by atoms with Crippen molar-refractivity contribution in [2.75, 3.05) is 14.2 Å². The second-order valence-electron chi connectivity index (χ2n) is 4.39. The van der Waals surface area contributed by atoms with Crippen LogP contribution in [0.25, 0.3) is 0 Å². The van der Waals surface area contributed by atoms with Crippen LogP contribution in [0.4, 0.5) is 0 Å². The SMILES string of the molecule is CNC1CCC(S(=O)c2ccc(OC)cc2)C1. The fourth-order valence-electron chi connectivity index (χ4n) is 2.30. The Hall–Kier alpha value is -0.870. The van der Waals surface area contributed by atoms with Gasteiger partial charge < -0.3 is 10.1 Å². The minimum absolute atomic E-state index is 0.292. The van der Waals surface area contributed by atoms with Gasteiger partial charge in [0.25, 0.3) is 0 Å². The average molecular weight is 253 g/mol. The Kier molecular flexibility index (Phi) is 4.18. The summed E-state index contributed by atoms with van der Waals surface area (Å²) in [4.78, 5) is 0.910. The van der Waals surface area contributed by atoms with Crippen LogP contribution in [0.2, 0.25) is 0 Å². The van der Waals surface area contributed by atoms with Gasteiger partial charge in [-0.1, -0.05) is 0 Å². The number of methoxy groups -OCH3 is 1. The van der Waals surface area contributed by atoms with Crippen molar-refractivity contribution in [1.29, 1.82) is 0 Å². The van der Waals surface area contributed by atoms with Crippen molar-refractivity contribution >= 4 is 10.8 Å². The summed E-state index contributed by atoms with van der Waals surface area (Å²) in [6.07, 6.45) is 3.18. The summed E-state index contributed by atoms with van der Waals surface area (Å²) in [6.45, 7) is 0. The third-order valence-electron chi connectivity index (χ3n) is 3.39. The van der Waals surface area contributed by atoms with Crippen LogP contribution in [0.15, 0.2) is 29.2 Å². The molecule has 0 heterocycles. The van der Waals surface area contributed by atoms with Gasteiger partial charge in [0, 0.05) is 16.2 Å². The van der Waals surface area contributed by atoms with Crippen LogP contribution >= 0.6 is 0 Å². The summed E-state index contributed by atoms with van der Waals surface area (Å²) in [5.41, 5.74) is 0. The molecule has 1 fully saturated rings. The predicted octanol–water partition coefficient (Wildman–Crippen LogP) is 1.94. The summed E-state index contributed by atoms with van der Waals surface area (Å²) in [6, 6.07) is 8.08. The molecular weight excluding hydrogens is 234 g/mol. The number of benzene rings is 1. The van der Waals surface area contributed by atoms with Crippen molar-refractivity contribution in [1.82, 2.24) is 5.32 Å². The lowest BCUT2D eigenvalue weighted by Gasteiger charge is -2.11. The third-order valence-corrected chi connectivity index (χ3v) is 5.16. The number of ether oxygens (including phenoxy) is 1. The molecule has 0 saturated heterocycles. The molecule has 17 heavy (non-hydrogen) atoms. The summed E-state index contributed by atoms with van der Waals surface area (Å²) in [5, 5.41) is 3.56. The molecule has 0 aromatic heterocycles. The molecule has 1 saturated carbocycles.